The van der Waals surface area contributed by atoms with Gasteiger partial charge in [0.05, 0.1) is 17.9 Å². The molecule has 3 rings (SSSR count). The predicted molar refractivity (Wildman–Crippen MR) is 151 cm³/mol. The fourth-order valence-electron chi connectivity index (χ4n) is 6.54. The average Bonchev–Trinajstić information content (AvgIpc) is 3.16. The Balaban J connectivity index is 1.65. The Bertz CT molecular complexity index is 932. The van der Waals surface area contributed by atoms with Crippen molar-refractivity contribution >= 4 is 5.71 Å². The summed E-state index contributed by atoms with van der Waals surface area (Å²) in [5.74, 6) is 1.10. The van der Waals surface area contributed by atoms with Gasteiger partial charge in [-0.25, -0.2) is 0 Å². The molecule has 4 heteroatoms. The lowest BCUT2D eigenvalue weighted by atomic mass is 9.62. The van der Waals surface area contributed by atoms with Crippen LogP contribution in [-0.4, -0.2) is 34.7 Å². The number of oxime groups is 1. The fourth-order valence-corrected chi connectivity index (χ4v) is 6.54. The van der Waals surface area contributed by atoms with Crippen molar-refractivity contribution in [2.75, 3.05) is 6.61 Å². The maximum absolute atomic E-state index is 10.2. The molecule has 2 N–H and O–H groups in total. The van der Waals surface area contributed by atoms with E-state index in [1.807, 2.05) is 0 Å². The molecule has 0 saturated heterocycles. The van der Waals surface area contributed by atoms with E-state index in [0.717, 1.165) is 49.0 Å². The zero-order valence-corrected chi connectivity index (χ0v) is 23.4. The number of hydrogen-bond donors (Lipinski definition) is 2. The maximum Gasteiger partial charge on any atom is 0.135 e. The fraction of sp³-hybridized carbons (Fsp3) is 0.656. The highest BCUT2D eigenvalue weighted by Crippen LogP contribution is 2.57. The monoisotopic (exact) mass is 495 g/mol. The molecule has 2 fully saturated rings. The smallest absolute Gasteiger partial charge is 0.135 e. The van der Waals surface area contributed by atoms with Crippen molar-refractivity contribution in [1.82, 2.24) is 0 Å². The van der Waals surface area contributed by atoms with Gasteiger partial charge in [-0.15, -0.1) is 0 Å². The largest absolute Gasteiger partial charge is 0.393 e. The minimum atomic E-state index is -0.631. The highest BCUT2D eigenvalue weighted by molar-refractivity contribution is 5.88. The molecule has 0 bridgehead atoms. The van der Waals surface area contributed by atoms with Gasteiger partial charge >= 0.3 is 0 Å². The molecule has 0 spiro atoms. The van der Waals surface area contributed by atoms with Crippen LogP contribution in [0.5, 0.6) is 0 Å². The van der Waals surface area contributed by atoms with E-state index in [0.29, 0.717) is 31.3 Å². The molecule has 0 aliphatic heterocycles. The summed E-state index contributed by atoms with van der Waals surface area (Å²) >= 11 is 0. The van der Waals surface area contributed by atoms with Gasteiger partial charge in [0.25, 0.3) is 0 Å². The first-order chi connectivity index (χ1) is 17.0. The lowest BCUT2D eigenvalue weighted by Crippen LogP contribution is -2.32. The Morgan fingerprint density at radius 2 is 2.06 bits per heavy atom. The van der Waals surface area contributed by atoms with Crippen LogP contribution in [0.4, 0.5) is 0 Å². The Hall–Kier alpha value is -1.91. The third-order valence-corrected chi connectivity index (χ3v) is 8.69. The molecule has 2 saturated carbocycles. The molecule has 0 unspecified atom stereocenters. The molecule has 0 heterocycles. The number of aliphatic hydroxyl groups is 2. The minimum Gasteiger partial charge on any atom is -0.393 e. The Morgan fingerprint density at radius 3 is 2.75 bits per heavy atom. The van der Waals surface area contributed by atoms with Crippen LogP contribution in [0.1, 0.15) is 92.4 Å². The standard InChI is InChI=1S/C32H49NO3/c1-8-19-36-33-30(31(4,5)6)13-9-11-22(2)27-16-17-28-24(12-10-18-32(27,28)7)14-15-25-20-26(34)21-29(35)23(25)3/h8,14-16,22,26,28-29,34-35H,1,3,9-13,17-21H2,2,4-7H3/b24-14+,25-15-,33-30?/t22-,26+,28+,29-,32-/m1/s1. The third kappa shape index (κ3) is 6.69. The quantitative estimate of drug-likeness (QED) is 0.151. The Labute approximate surface area is 219 Å². The zero-order chi connectivity index (χ0) is 26.5. The molecule has 0 aromatic carbocycles. The topological polar surface area (TPSA) is 62.0 Å². The normalized spacial score (nSPS) is 32.4. The summed E-state index contributed by atoms with van der Waals surface area (Å²) in [6.07, 6.45) is 16.4. The van der Waals surface area contributed by atoms with Crippen molar-refractivity contribution < 1.29 is 15.1 Å². The molecule has 3 aliphatic rings. The van der Waals surface area contributed by atoms with E-state index in [-0.39, 0.29) is 10.8 Å². The molecule has 5 atom stereocenters. The van der Waals surface area contributed by atoms with Crippen molar-refractivity contribution in [2.24, 2.45) is 27.8 Å². The second-order valence-corrected chi connectivity index (χ2v) is 12.5. The first kappa shape index (κ1) is 28.7. The number of rotatable bonds is 9. The first-order valence-corrected chi connectivity index (χ1v) is 13.9. The van der Waals surface area contributed by atoms with Crippen LogP contribution in [-0.2, 0) is 4.84 Å². The Morgan fingerprint density at radius 1 is 1.31 bits per heavy atom. The van der Waals surface area contributed by atoms with Crippen LogP contribution in [0.3, 0.4) is 0 Å². The summed E-state index contributed by atoms with van der Waals surface area (Å²) in [5, 5.41) is 24.7. The zero-order valence-electron chi connectivity index (χ0n) is 23.4. The van der Waals surface area contributed by atoms with Gasteiger partial charge in [0.1, 0.15) is 6.61 Å². The van der Waals surface area contributed by atoms with Crippen LogP contribution in [0, 0.1) is 22.7 Å². The van der Waals surface area contributed by atoms with E-state index in [9.17, 15) is 10.2 Å². The van der Waals surface area contributed by atoms with Gasteiger partial charge < -0.3 is 15.1 Å². The van der Waals surface area contributed by atoms with E-state index < -0.39 is 12.2 Å². The molecule has 0 aromatic rings. The summed E-state index contributed by atoms with van der Waals surface area (Å²) in [4.78, 5) is 5.43. The summed E-state index contributed by atoms with van der Waals surface area (Å²) in [6.45, 7) is 19.7. The van der Waals surface area contributed by atoms with Gasteiger partial charge in [0.15, 0.2) is 0 Å². The van der Waals surface area contributed by atoms with Gasteiger partial charge in [-0.3, -0.25) is 0 Å². The molecule has 200 valence electrons. The van der Waals surface area contributed by atoms with Gasteiger partial charge in [0, 0.05) is 11.8 Å². The lowest BCUT2D eigenvalue weighted by molar-refractivity contribution is 0.0862. The molecule has 0 aromatic heterocycles. The van der Waals surface area contributed by atoms with Crippen molar-refractivity contribution in [3.8, 4) is 0 Å². The highest BCUT2D eigenvalue weighted by Gasteiger charge is 2.45. The highest BCUT2D eigenvalue weighted by atomic mass is 16.6. The second kappa shape index (κ2) is 12.1. The van der Waals surface area contributed by atoms with Gasteiger partial charge in [-0.2, -0.15) is 0 Å². The maximum atomic E-state index is 10.2. The minimum absolute atomic E-state index is 0.00140. The molecule has 4 nitrogen and oxygen atoms in total. The van der Waals surface area contributed by atoms with E-state index in [4.69, 9.17) is 4.84 Å². The number of aliphatic hydroxyl groups excluding tert-OH is 2. The second-order valence-electron chi connectivity index (χ2n) is 12.5. The number of allylic oxidation sites excluding steroid dienone is 5. The van der Waals surface area contributed by atoms with Crippen molar-refractivity contribution in [2.45, 2.75) is 105 Å². The summed E-state index contributed by atoms with van der Waals surface area (Å²) in [6, 6.07) is 0. The van der Waals surface area contributed by atoms with Crippen LogP contribution in [0.2, 0.25) is 0 Å². The van der Waals surface area contributed by atoms with Gasteiger partial charge in [0.2, 0.25) is 0 Å². The lowest BCUT2D eigenvalue weighted by Gasteiger charge is -2.42. The van der Waals surface area contributed by atoms with Crippen molar-refractivity contribution in [3.05, 3.63) is 59.8 Å². The van der Waals surface area contributed by atoms with Crippen molar-refractivity contribution in [1.29, 1.82) is 0 Å². The SMILES string of the molecule is C=CCON=C(CCC[C@@H](C)C1=CC[C@H]2/C(=C/C=C3/C[C@H](O)C[C@@H](O)C3=C)CCC[C@]12C)C(C)(C)C. The van der Waals surface area contributed by atoms with Crippen LogP contribution >= 0.6 is 0 Å². The summed E-state index contributed by atoms with van der Waals surface area (Å²) in [7, 11) is 0. The molecule has 3 aliphatic carbocycles. The average molecular weight is 496 g/mol. The number of nitrogens with zero attached hydrogens (tertiary/aromatic N) is 1. The van der Waals surface area contributed by atoms with E-state index in [1.165, 1.54) is 18.4 Å². The molecule has 0 amide bonds. The van der Waals surface area contributed by atoms with Crippen LogP contribution in [0.15, 0.2) is 64.9 Å². The molecule has 36 heavy (non-hydrogen) atoms. The van der Waals surface area contributed by atoms with E-state index in [1.54, 1.807) is 11.6 Å². The van der Waals surface area contributed by atoms with Gasteiger partial charge in [-0.1, -0.05) is 88.4 Å². The van der Waals surface area contributed by atoms with E-state index >= 15 is 0 Å². The van der Waals surface area contributed by atoms with E-state index in [2.05, 4.69) is 71.2 Å². The summed E-state index contributed by atoms with van der Waals surface area (Å²) in [5.41, 5.74) is 6.25. The summed E-state index contributed by atoms with van der Waals surface area (Å²) < 4.78 is 0. The van der Waals surface area contributed by atoms with Crippen LogP contribution in [0.25, 0.3) is 0 Å². The predicted octanol–water partition coefficient (Wildman–Crippen LogP) is 7.46. The number of fused-ring (bicyclic) bond motifs is 1. The number of hydrogen-bond acceptors (Lipinski definition) is 4. The Kier molecular flexibility index (Phi) is 9.62. The molecule has 0 radical (unpaired) electrons. The third-order valence-electron chi connectivity index (χ3n) is 8.69. The first-order valence-electron chi connectivity index (χ1n) is 13.9. The van der Waals surface area contributed by atoms with Gasteiger partial charge in [-0.05, 0) is 79.8 Å². The molecular formula is C32H49NO3. The van der Waals surface area contributed by atoms with Crippen LogP contribution < -0.4 is 0 Å². The van der Waals surface area contributed by atoms with Crippen molar-refractivity contribution in [3.63, 3.8) is 0 Å². The molecular weight excluding hydrogens is 446 g/mol.